The summed E-state index contributed by atoms with van der Waals surface area (Å²) in [4.78, 5) is 20.6. The van der Waals surface area contributed by atoms with E-state index in [1.165, 1.54) is 6.26 Å². The van der Waals surface area contributed by atoms with Crippen molar-refractivity contribution in [3.63, 3.8) is 0 Å². The van der Waals surface area contributed by atoms with Crippen LogP contribution in [0.3, 0.4) is 0 Å². The molecule has 1 aliphatic rings. The smallest absolute Gasteiger partial charge is 0.356 e. The van der Waals surface area contributed by atoms with Gasteiger partial charge in [-0.2, -0.15) is 0 Å². The third-order valence-corrected chi connectivity index (χ3v) is 5.94. The highest BCUT2D eigenvalue weighted by molar-refractivity contribution is 7.22. The van der Waals surface area contributed by atoms with Crippen molar-refractivity contribution in [1.29, 1.82) is 0 Å². The minimum Gasteiger partial charge on any atom is -0.431 e. The van der Waals surface area contributed by atoms with Crippen molar-refractivity contribution in [3.8, 4) is 0 Å². The number of hydrogen-bond acceptors (Lipinski definition) is 6. The van der Waals surface area contributed by atoms with Crippen molar-refractivity contribution < 1.29 is 9.41 Å². The number of thiazole rings is 1. The van der Waals surface area contributed by atoms with Crippen LogP contribution in [0.4, 0.5) is 10.8 Å². The molecule has 5 rings (SSSR count). The molecule has 0 unspecified atom stereocenters. The second-order valence-corrected chi connectivity index (χ2v) is 8.13. The second-order valence-electron chi connectivity index (χ2n) is 7.09. The van der Waals surface area contributed by atoms with Crippen LogP contribution in [0.2, 0.25) is 0 Å². The van der Waals surface area contributed by atoms with Gasteiger partial charge >= 0.3 is 11.6 Å². The topological polar surface area (TPSA) is 81.1 Å². The zero-order chi connectivity index (χ0) is 20.0. The number of para-hydroxylation sites is 1. The maximum absolute atomic E-state index is 12.6. The Balaban J connectivity index is 1.59. The Morgan fingerprint density at radius 2 is 1.93 bits per heavy atom. The normalized spacial score (nSPS) is 15.5. The first-order valence-corrected chi connectivity index (χ1v) is 10.1. The minimum atomic E-state index is -0.352. The molecule has 0 spiro atoms. The lowest BCUT2D eigenvalue weighted by atomic mass is 9.96. The Kier molecular flexibility index (Phi) is 4.17. The van der Waals surface area contributed by atoms with Crippen LogP contribution in [0, 0.1) is 13.8 Å². The molecule has 6 nitrogen and oxygen atoms in total. The summed E-state index contributed by atoms with van der Waals surface area (Å²) in [6.45, 7) is 3.96. The molecular weight excluding hydrogens is 384 g/mol. The van der Waals surface area contributed by atoms with Gasteiger partial charge in [-0.3, -0.25) is 4.99 Å². The molecular formula is C22H19N4O2S+. The van der Waals surface area contributed by atoms with Crippen LogP contribution in [0.5, 0.6) is 0 Å². The molecule has 0 aliphatic carbocycles. The van der Waals surface area contributed by atoms with Crippen LogP contribution in [0.15, 0.2) is 64.0 Å². The van der Waals surface area contributed by atoms with E-state index in [1.54, 1.807) is 11.3 Å². The monoisotopic (exact) mass is 403 g/mol. The molecule has 2 aromatic heterocycles. The molecule has 7 heteroatoms. The number of nitrogens with one attached hydrogen (secondary N) is 3. The van der Waals surface area contributed by atoms with Crippen molar-refractivity contribution in [3.05, 3.63) is 87.5 Å². The van der Waals surface area contributed by atoms with Gasteiger partial charge in [0.1, 0.15) is 23.6 Å². The zero-order valence-corrected chi connectivity index (χ0v) is 16.8. The number of aromatic nitrogens is 1. The van der Waals surface area contributed by atoms with E-state index in [2.05, 4.69) is 20.6 Å². The van der Waals surface area contributed by atoms with Gasteiger partial charge in [0, 0.05) is 5.56 Å². The van der Waals surface area contributed by atoms with Crippen molar-refractivity contribution in [1.82, 2.24) is 4.98 Å². The first-order chi connectivity index (χ1) is 14.1. The van der Waals surface area contributed by atoms with Crippen molar-refractivity contribution in [2.45, 2.75) is 19.9 Å². The Labute approximate surface area is 171 Å². The molecule has 0 saturated heterocycles. The standard InChI is InChI=1S/C22H18N4O2S/c1-12-7-9-14(10-8-12)19-17-18(13(2)11-28-20(17)27)24-21(25-19)26-22-23-15-5-3-4-6-16(15)29-22/h3-11,19H,1-2H3,(H2,23,24,25,26)/p+1/t19-/m0/s1. The third-order valence-electron chi connectivity index (χ3n) is 4.99. The summed E-state index contributed by atoms with van der Waals surface area (Å²) in [6.07, 6.45) is 1.49. The van der Waals surface area contributed by atoms with Gasteiger partial charge in [-0.05, 0) is 31.5 Å². The van der Waals surface area contributed by atoms with E-state index in [0.29, 0.717) is 11.5 Å². The van der Waals surface area contributed by atoms with Crippen LogP contribution in [-0.2, 0) is 0 Å². The van der Waals surface area contributed by atoms with Crippen LogP contribution < -0.4 is 21.3 Å². The molecule has 4 aromatic rings. The Bertz CT molecular complexity index is 1270. The Morgan fingerprint density at radius 1 is 1.14 bits per heavy atom. The van der Waals surface area contributed by atoms with Crippen molar-refractivity contribution >= 4 is 38.3 Å². The lowest BCUT2D eigenvalue weighted by Gasteiger charge is -2.21. The second kappa shape index (κ2) is 6.86. The van der Waals surface area contributed by atoms with E-state index >= 15 is 0 Å². The number of guanidine groups is 1. The number of hydrogen-bond donors (Lipinski definition) is 3. The quantitative estimate of drug-likeness (QED) is 0.480. The third kappa shape index (κ3) is 3.19. The van der Waals surface area contributed by atoms with E-state index in [-0.39, 0.29) is 11.7 Å². The van der Waals surface area contributed by atoms with Crippen LogP contribution in [0.25, 0.3) is 10.2 Å². The fourth-order valence-corrected chi connectivity index (χ4v) is 4.36. The first-order valence-electron chi connectivity index (χ1n) is 9.30. The number of rotatable bonds is 2. The van der Waals surface area contributed by atoms with Gasteiger partial charge in [0.2, 0.25) is 0 Å². The molecule has 2 aromatic carbocycles. The fourth-order valence-electron chi connectivity index (χ4n) is 3.49. The first kappa shape index (κ1) is 17.6. The fraction of sp³-hybridized carbons (Fsp3) is 0.136. The minimum absolute atomic E-state index is 0.333. The summed E-state index contributed by atoms with van der Waals surface area (Å²) >= 11 is 1.58. The average molecular weight is 403 g/mol. The summed E-state index contributed by atoms with van der Waals surface area (Å²) in [5, 5.41) is 7.42. The molecule has 0 saturated carbocycles. The average Bonchev–Trinajstić information content (AvgIpc) is 3.13. The molecule has 1 atom stereocenters. The van der Waals surface area contributed by atoms with Gasteiger partial charge < -0.3 is 4.42 Å². The van der Waals surface area contributed by atoms with E-state index in [9.17, 15) is 4.79 Å². The molecule has 3 heterocycles. The van der Waals surface area contributed by atoms with E-state index < -0.39 is 0 Å². The van der Waals surface area contributed by atoms with Gasteiger partial charge in [-0.1, -0.05) is 53.3 Å². The summed E-state index contributed by atoms with van der Waals surface area (Å²) in [5.41, 5.74) is 4.94. The summed E-state index contributed by atoms with van der Waals surface area (Å²) in [5.74, 6) is 0.677. The highest BCUT2D eigenvalue weighted by Gasteiger charge is 2.32. The lowest BCUT2D eigenvalue weighted by Crippen LogP contribution is -2.80. The highest BCUT2D eigenvalue weighted by Crippen LogP contribution is 2.29. The van der Waals surface area contributed by atoms with Crippen molar-refractivity contribution in [2.24, 2.45) is 0 Å². The predicted molar refractivity (Wildman–Crippen MR) is 116 cm³/mol. The Morgan fingerprint density at radius 3 is 2.72 bits per heavy atom. The molecule has 3 N–H and O–H groups in total. The van der Waals surface area contributed by atoms with Crippen LogP contribution in [-0.4, -0.2) is 10.9 Å². The molecule has 144 valence electrons. The molecule has 29 heavy (non-hydrogen) atoms. The number of aryl methyl sites for hydroxylation is 2. The van der Waals surface area contributed by atoms with Gasteiger partial charge in [0.15, 0.2) is 0 Å². The van der Waals surface area contributed by atoms with E-state index in [4.69, 9.17) is 4.42 Å². The highest BCUT2D eigenvalue weighted by atomic mass is 32.1. The predicted octanol–water partition coefficient (Wildman–Crippen LogP) is 2.93. The van der Waals surface area contributed by atoms with Crippen molar-refractivity contribution in [2.75, 3.05) is 10.6 Å². The number of anilines is 2. The zero-order valence-electron chi connectivity index (χ0n) is 15.9. The van der Waals surface area contributed by atoms with Crippen LogP contribution in [0.1, 0.15) is 28.3 Å². The number of nitrogens with zero attached hydrogens (tertiary/aromatic N) is 1. The lowest BCUT2D eigenvalue weighted by molar-refractivity contribution is -0.499. The number of fused-ring (bicyclic) bond motifs is 2. The molecule has 1 aliphatic heterocycles. The Hall–Kier alpha value is -3.45. The van der Waals surface area contributed by atoms with Gasteiger partial charge in [-0.25, -0.2) is 20.4 Å². The van der Waals surface area contributed by atoms with Crippen LogP contribution >= 0.6 is 11.3 Å². The maximum Gasteiger partial charge on any atom is 0.356 e. The van der Waals surface area contributed by atoms with E-state index in [1.807, 2.05) is 62.4 Å². The van der Waals surface area contributed by atoms with Gasteiger partial charge in [0.25, 0.3) is 5.13 Å². The maximum atomic E-state index is 12.6. The largest absolute Gasteiger partial charge is 0.431 e. The van der Waals surface area contributed by atoms with Gasteiger partial charge in [-0.15, -0.1) is 0 Å². The molecule has 0 bridgehead atoms. The molecule has 0 radical (unpaired) electrons. The molecule has 0 fully saturated rings. The van der Waals surface area contributed by atoms with E-state index in [0.717, 1.165) is 37.7 Å². The van der Waals surface area contributed by atoms with Gasteiger partial charge in [0.05, 0.1) is 10.2 Å². The molecule has 0 amide bonds. The summed E-state index contributed by atoms with van der Waals surface area (Å²) in [7, 11) is 0. The summed E-state index contributed by atoms with van der Waals surface area (Å²) in [6, 6.07) is 15.8. The number of benzene rings is 2. The summed E-state index contributed by atoms with van der Waals surface area (Å²) < 4.78 is 6.36. The SMILES string of the molecule is Cc1ccc([C@@H]2[NH+]=C(Nc3nc4ccccc4s3)Nc3c(C)coc(=O)c32)cc1.